The Labute approximate surface area is 176 Å². The molecule has 2 saturated heterocycles. The Morgan fingerprint density at radius 1 is 1.10 bits per heavy atom. The number of hydrogen-bond acceptors (Lipinski definition) is 3. The Morgan fingerprint density at radius 2 is 1.86 bits per heavy atom. The SMILES string of the molecule is CN1C2CC[C@@H]1C[C@H](c1ccc(Cl)cc1)[C@H]2c1nc2cc(C(F)(F)F)ccc2s1. The second-order valence-corrected chi connectivity index (χ2v) is 9.61. The van der Waals surface area contributed by atoms with Crippen molar-refractivity contribution in [2.45, 2.75) is 49.4 Å². The smallest absolute Gasteiger partial charge is 0.300 e. The van der Waals surface area contributed by atoms with Crippen LogP contribution < -0.4 is 0 Å². The van der Waals surface area contributed by atoms with Crippen LogP contribution in [0.15, 0.2) is 42.5 Å². The van der Waals surface area contributed by atoms with E-state index in [1.807, 2.05) is 12.1 Å². The summed E-state index contributed by atoms with van der Waals surface area (Å²) in [6.45, 7) is 0. The molecule has 2 aliphatic rings. The van der Waals surface area contributed by atoms with Gasteiger partial charge in [0, 0.05) is 23.0 Å². The highest BCUT2D eigenvalue weighted by atomic mass is 35.5. The maximum atomic E-state index is 13.1. The van der Waals surface area contributed by atoms with Gasteiger partial charge in [0.1, 0.15) is 0 Å². The van der Waals surface area contributed by atoms with Gasteiger partial charge in [0.05, 0.1) is 20.8 Å². The Balaban J connectivity index is 1.59. The lowest BCUT2D eigenvalue weighted by Crippen LogP contribution is -2.44. The number of piperidine rings is 1. The molecule has 4 atom stereocenters. The van der Waals surface area contributed by atoms with Crippen molar-refractivity contribution >= 4 is 33.2 Å². The number of halogens is 4. The predicted octanol–water partition coefficient (Wildman–Crippen LogP) is 6.70. The summed E-state index contributed by atoms with van der Waals surface area (Å²) in [7, 11) is 2.17. The molecule has 0 amide bonds. The van der Waals surface area contributed by atoms with Gasteiger partial charge in [-0.05, 0) is 68.1 Å². The zero-order valence-electron chi connectivity index (χ0n) is 15.8. The van der Waals surface area contributed by atoms with Crippen LogP contribution in [0.2, 0.25) is 5.02 Å². The van der Waals surface area contributed by atoms with Crippen molar-refractivity contribution in [3.63, 3.8) is 0 Å². The summed E-state index contributed by atoms with van der Waals surface area (Å²) in [5, 5.41) is 1.65. The van der Waals surface area contributed by atoms with E-state index >= 15 is 0 Å². The molecular weight excluding hydrogens is 417 g/mol. The maximum absolute atomic E-state index is 13.1. The van der Waals surface area contributed by atoms with Gasteiger partial charge in [-0.1, -0.05) is 23.7 Å². The van der Waals surface area contributed by atoms with Crippen LogP contribution in [0.4, 0.5) is 13.2 Å². The molecule has 0 N–H and O–H groups in total. The van der Waals surface area contributed by atoms with E-state index in [0.29, 0.717) is 28.5 Å². The third-order valence-electron chi connectivity index (χ3n) is 6.58. The fraction of sp³-hybridized carbons (Fsp3) is 0.409. The standard InChI is InChI=1S/C22H20ClF3N2S/c1-28-15-7-8-18(28)20(16(11-15)12-2-5-14(23)6-3-12)21-27-17-10-13(22(24,25)26)4-9-19(17)29-21/h2-6,9-10,15-16,18,20H,7-8,11H2,1H3/t15-,16-,18?,20-/m1/s1. The summed E-state index contributed by atoms with van der Waals surface area (Å²) in [4.78, 5) is 7.17. The third-order valence-corrected chi connectivity index (χ3v) is 7.97. The van der Waals surface area contributed by atoms with Crippen LogP contribution in [0.3, 0.4) is 0 Å². The summed E-state index contributed by atoms with van der Waals surface area (Å²) in [6.07, 6.45) is -1.07. The van der Waals surface area contributed by atoms with Crippen LogP contribution in [-0.2, 0) is 6.18 Å². The highest BCUT2D eigenvalue weighted by Gasteiger charge is 2.47. The van der Waals surface area contributed by atoms with E-state index in [1.165, 1.54) is 23.0 Å². The molecule has 1 aromatic heterocycles. The zero-order valence-corrected chi connectivity index (χ0v) is 17.4. The van der Waals surface area contributed by atoms with Gasteiger partial charge >= 0.3 is 6.18 Å². The Bertz CT molecular complexity index is 1050. The first kappa shape index (κ1) is 19.3. The molecule has 0 saturated carbocycles. The van der Waals surface area contributed by atoms with Crippen molar-refractivity contribution in [2.24, 2.45) is 0 Å². The van der Waals surface area contributed by atoms with Gasteiger partial charge in [-0.25, -0.2) is 4.98 Å². The Kier molecular flexibility index (Phi) is 4.64. The number of fused-ring (bicyclic) bond motifs is 3. The molecule has 0 aliphatic carbocycles. The van der Waals surface area contributed by atoms with Gasteiger partial charge in [-0.15, -0.1) is 11.3 Å². The van der Waals surface area contributed by atoms with E-state index in [2.05, 4.69) is 24.1 Å². The van der Waals surface area contributed by atoms with Gasteiger partial charge in [0.15, 0.2) is 0 Å². The average molecular weight is 437 g/mol. The summed E-state index contributed by atoms with van der Waals surface area (Å²) in [6, 6.07) is 12.8. The van der Waals surface area contributed by atoms with Crippen LogP contribution in [-0.4, -0.2) is 29.0 Å². The molecule has 3 heterocycles. The van der Waals surface area contributed by atoms with Crippen molar-refractivity contribution in [1.29, 1.82) is 0 Å². The van der Waals surface area contributed by atoms with Crippen LogP contribution >= 0.6 is 22.9 Å². The van der Waals surface area contributed by atoms with Gasteiger partial charge in [0.2, 0.25) is 0 Å². The number of likely N-dealkylation sites (N-methyl/N-ethyl adjacent to an activating group) is 1. The number of alkyl halides is 3. The van der Waals surface area contributed by atoms with Crippen LogP contribution in [0, 0.1) is 0 Å². The fourth-order valence-electron chi connectivity index (χ4n) is 5.12. The number of hydrogen-bond donors (Lipinski definition) is 0. The molecule has 29 heavy (non-hydrogen) atoms. The highest BCUT2D eigenvalue weighted by molar-refractivity contribution is 7.18. The van der Waals surface area contributed by atoms with Crippen LogP contribution in [0.25, 0.3) is 10.2 Å². The molecule has 2 nitrogen and oxygen atoms in total. The van der Waals surface area contributed by atoms with Crippen molar-refractivity contribution in [3.8, 4) is 0 Å². The molecule has 7 heteroatoms. The molecule has 3 aromatic rings. The number of aromatic nitrogens is 1. The predicted molar refractivity (Wildman–Crippen MR) is 111 cm³/mol. The zero-order chi connectivity index (χ0) is 20.3. The lowest BCUT2D eigenvalue weighted by Gasteiger charge is -2.42. The molecule has 0 radical (unpaired) electrons. The van der Waals surface area contributed by atoms with E-state index in [1.54, 1.807) is 6.07 Å². The number of rotatable bonds is 2. The maximum Gasteiger partial charge on any atom is 0.416 e. The molecule has 152 valence electrons. The van der Waals surface area contributed by atoms with E-state index in [-0.39, 0.29) is 5.92 Å². The van der Waals surface area contributed by atoms with Crippen molar-refractivity contribution < 1.29 is 13.2 Å². The van der Waals surface area contributed by atoms with Gasteiger partial charge in [0.25, 0.3) is 0 Å². The molecule has 2 aliphatic heterocycles. The number of nitrogens with zero attached hydrogens (tertiary/aromatic N) is 2. The quantitative estimate of drug-likeness (QED) is 0.444. The van der Waals surface area contributed by atoms with Crippen molar-refractivity contribution in [3.05, 3.63) is 63.6 Å². The highest BCUT2D eigenvalue weighted by Crippen LogP contribution is 2.52. The average Bonchev–Trinajstić information content (AvgIpc) is 3.19. The first-order valence-electron chi connectivity index (χ1n) is 9.76. The molecule has 5 rings (SSSR count). The first-order valence-corrected chi connectivity index (χ1v) is 11.0. The monoisotopic (exact) mass is 436 g/mol. The van der Waals surface area contributed by atoms with Crippen LogP contribution in [0.1, 0.15) is 47.2 Å². The Morgan fingerprint density at radius 3 is 2.59 bits per heavy atom. The summed E-state index contributed by atoms with van der Waals surface area (Å²) in [5.74, 6) is 0.468. The van der Waals surface area contributed by atoms with Gasteiger partial charge < -0.3 is 0 Å². The molecule has 2 aromatic carbocycles. The lowest BCUT2D eigenvalue weighted by atomic mass is 9.76. The lowest BCUT2D eigenvalue weighted by molar-refractivity contribution is -0.137. The fourth-order valence-corrected chi connectivity index (χ4v) is 6.42. The van der Waals surface area contributed by atoms with E-state index in [0.717, 1.165) is 35.0 Å². The Hall–Kier alpha value is -1.63. The topological polar surface area (TPSA) is 16.1 Å². The molecule has 2 fully saturated rings. The number of thiazole rings is 1. The van der Waals surface area contributed by atoms with Gasteiger partial charge in [-0.2, -0.15) is 13.2 Å². The number of benzene rings is 2. The minimum atomic E-state index is -4.35. The van der Waals surface area contributed by atoms with Crippen molar-refractivity contribution in [2.75, 3.05) is 7.05 Å². The summed E-state index contributed by atoms with van der Waals surface area (Å²) < 4.78 is 40.2. The molecular formula is C22H20ClF3N2S. The molecule has 2 bridgehead atoms. The molecule has 1 unspecified atom stereocenters. The third kappa shape index (κ3) is 3.35. The second kappa shape index (κ2) is 6.96. The summed E-state index contributed by atoms with van der Waals surface area (Å²) >= 11 is 7.62. The van der Waals surface area contributed by atoms with Crippen molar-refractivity contribution in [1.82, 2.24) is 9.88 Å². The van der Waals surface area contributed by atoms with E-state index in [4.69, 9.17) is 16.6 Å². The van der Waals surface area contributed by atoms with E-state index < -0.39 is 11.7 Å². The molecule has 0 spiro atoms. The van der Waals surface area contributed by atoms with E-state index in [9.17, 15) is 13.2 Å². The summed E-state index contributed by atoms with van der Waals surface area (Å²) in [5.41, 5.74) is 1.04. The minimum absolute atomic E-state index is 0.173. The van der Waals surface area contributed by atoms with Gasteiger partial charge in [-0.3, -0.25) is 4.90 Å². The second-order valence-electron chi connectivity index (χ2n) is 8.12. The normalized spacial score (nSPS) is 27.6. The van der Waals surface area contributed by atoms with Crippen LogP contribution in [0.5, 0.6) is 0 Å². The largest absolute Gasteiger partial charge is 0.416 e. The minimum Gasteiger partial charge on any atom is -0.300 e. The first-order chi connectivity index (χ1) is 13.8.